The molecule has 0 N–H and O–H groups in total. The largest absolute Gasteiger partial charge is 0.294 e. The van der Waals surface area contributed by atoms with E-state index in [1.54, 1.807) is 0 Å². The molecule has 2 heteroatoms. The normalized spacial score (nSPS) is 22.8. The lowest BCUT2D eigenvalue weighted by atomic mass is 9.67. The second-order valence-electron chi connectivity index (χ2n) is 7.60. The minimum Gasteiger partial charge on any atom is -0.294 e. The van der Waals surface area contributed by atoms with Gasteiger partial charge in [0.2, 0.25) is 0 Å². The Morgan fingerprint density at radius 1 is 0.870 bits per heavy atom. The SMILES string of the molecule is CC1(C)CCP(c2ccccc2-c2ccccc2)C(=O)C1(C)C. The van der Waals surface area contributed by atoms with Gasteiger partial charge in [0.05, 0.1) is 0 Å². The molecule has 1 saturated heterocycles. The van der Waals surface area contributed by atoms with E-state index in [4.69, 9.17) is 0 Å². The molecular weight excluding hydrogens is 299 g/mol. The summed E-state index contributed by atoms with van der Waals surface area (Å²) in [7, 11) is -0.758. The lowest BCUT2D eigenvalue weighted by Crippen LogP contribution is -2.44. The third-order valence-electron chi connectivity index (χ3n) is 5.71. The monoisotopic (exact) mass is 324 g/mol. The standard InChI is InChI=1S/C21H25OP/c1-20(2)14-15-23(19(22)21(20,3)4)18-13-9-8-12-17(18)16-10-6-5-7-11-16/h5-13H,14-15H2,1-4H3. The molecule has 0 radical (unpaired) electrons. The Morgan fingerprint density at radius 2 is 1.48 bits per heavy atom. The number of hydrogen-bond donors (Lipinski definition) is 0. The molecule has 1 unspecified atom stereocenters. The van der Waals surface area contributed by atoms with Gasteiger partial charge in [0.1, 0.15) is 0 Å². The summed E-state index contributed by atoms with van der Waals surface area (Å²) in [5.41, 5.74) is 2.70. The molecule has 23 heavy (non-hydrogen) atoms. The van der Waals surface area contributed by atoms with Gasteiger partial charge in [-0.15, -0.1) is 0 Å². The van der Waals surface area contributed by atoms with Gasteiger partial charge in [-0.2, -0.15) is 0 Å². The zero-order valence-corrected chi connectivity index (χ0v) is 15.4. The minimum atomic E-state index is -0.758. The van der Waals surface area contributed by atoms with Crippen LogP contribution in [0, 0.1) is 10.8 Å². The van der Waals surface area contributed by atoms with Crippen LogP contribution in [-0.2, 0) is 4.79 Å². The fraction of sp³-hybridized carbons (Fsp3) is 0.381. The Kier molecular flexibility index (Phi) is 4.19. The second kappa shape index (κ2) is 5.87. The summed E-state index contributed by atoms with van der Waals surface area (Å²) in [6.07, 6.45) is 2.12. The van der Waals surface area contributed by atoms with Crippen molar-refractivity contribution in [1.29, 1.82) is 0 Å². The Bertz CT molecular complexity index is 716. The number of carbonyl (C=O) groups excluding carboxylic acids is 1. The summed E-state index contributed by atoms with van der Waals surface area (Å²) in [6, 6.07) is 18.9. The van der Waals surface area contributed by atoms with Gasteiger partial charge in [-0.3, -0.25) is 4.79 Å². The van der Waals surface area contributed by atoms with E-state index in [0.29, 0.717) is 5.52 Å². The van der Waals surface area contributed by atoms with Gasteiger partial charge in [-0.25, -0.2) is 0 Å². The Morgan fingerprint density at radius 3 is 2.17 bits per heavy atom. The van der Waals surface area contributed by atoms with Gasteiger partial charge < -0.3 is 0 Å². The van der Waals surface area contributed by atoms with Crippen molar-refractivity contribution >= 4 is 18.8 Å². The average Bonchev–Trinajstić information content (AvgIpc) is 2.54. The summed E-state index contributed by atoms with van der Waals surface area (Å²) in [4.78, 5) is 13.3. The summed E-state index contributed by atoms with van der Waals surface area (Å²) in [6.45, 7) is 8.74. The van der Waals surface area contributed by atoms with Crippen LogP contribution < -0.4 is 5.30 Å². The van der Waals surface area contributed by atoms with Crippen LogP contribution in [0.1, 0.15) is 34.1 Å². The first kappa shape index (κ1) is 16.4. The number of rotatable bonds is 2. The van der Waals surface area contributed by atoms with E-state index >= 15 is 0 Å². The molecule has 120 valence electrons. The van der Waals surface area contributed by atoms with Gasteiger partial charge in [0.15, 0.2) is 5.52 Å². The average molecular weight is 324 g/mol. The van der Waals surface area contributed by atoms with E-state index in [9.17, 15) is 4.79 Å². The molecular formula is C21H25OP. The van der Waals surface area contributed by atoms with E-state index in [0.717, 1.165) is 12.6 Å². The van der Waals surface area contributed by atoms with Crippen LogP contribution in [0.4, 0.5) is 0 Å². The van der Waals surface area contributed by atoms with Crippen LogP contribution in [0.25, 0.3) is 11.1 Å². The lowest BCUT2D eigenvalue weighted by Gasteiger charge is -2.47. The van der Waals surface area contributed by atoms with Crippen LogP contribution >= 0.6 is 7.92 Å². The van der Waals surface area contributed by atoms with Crippen molar-refractivity contribution in [3.63, 3.8) is 0 Å². The summed E-state index contributed by atoms with van der Waals surface area (Å²) < 4.78 is 0. The molecule has 0 amide bonds. The van der Waals surface area contributed by atoms with Crippen LogP contribution in [0.2, 0.25) is 0 Å². The summed E-state index contributed by atoms with van der Waals surface area (Å²) >= 11 is 0. The summed E-state index contributed by atoms with van der Waals surface area (Å²) in [5, 5.41) is 1.25. The first-order chi connectivity index (χ1) is 10.8. The van der Waals surface area contributed by atoms with Crippen molar-refractivity contribution in [1.82, 2.24) is 0 Å². The molecule has 1 aliphatic rings. The molecule has 1 aliphatic heterocycles. The van der Waals surface area contributed by atoms with Crippen molar-refractivity contribution < 1.29 is 4.79 Å². The van der Waals surface area contributed by atoms with Crippen molar-refractivity contribution in [2.24, 2.45) is 10.8 Å². The highest BCUT2D eigenvalue weighted by molar-refractivity contribution is 7.82. The third-order valence-corrected chi connectivity index (χ3v) is 8.40. The van der Waals surface area contributed by atoms with E-state index in [1.165, 1.54) is 16.4 Å². The van der Waals surface area contributed by atoms with Gasteiger partial charge in [-0.05, 0) is 42.4 Å². The Labute approximate surface area is 140 Å². The molecule has 0 spiro atoms. The van der Waals surface area contributed by atoms with Crippen LogP contribution in [0.15, 0.2) is 54.6 Å². The summed E-state index contributed by atoms with van der Waals surface area (Å²) in [5.74, 6) is 0. The van der Waals surface area contributed by atoms with Gasteiger partial charge >= 0.3 is 0 Å². The molecule has 1 heterocycles. The molecule has 0 saturated carbocycles. The smallest absolute Gasteiger partial charge is 0.164 e. The first-order valence-corrected chi connectivity index (χ1v) is 9.84. The maximum atomic E-state index is 13.3. The highest BCUT2D eigenvalue weighted by atomic mass is 31.1. The van der Waals surface area contributed by atoms with Gasteiger partial charge in [0, 0.05) is 5.41 Å². The predicted octanol–water partition coefficient (Wildman–Crippen LogP) is 5.44. The highest BCUT2D eigenvalue weighted by Gasteiger charge is 2.49. The van der Waals surface area contributed by atoms with Gasteiger partial charge in [-0.1, -0.05) is 82.3 Å². The molecule has 1 atom stereocenters. The molecule has 1 fully saturated rings. The zero-order valence-electron chi connectivity index (χ0n) is 14.5. The molecule has 1 nitrogen and oxygen atoms in total. The van der Waals surface area contributed by atoms with Crippen molar-refractivity contribution in [2.45, 2.75) is 34.1 Å². The highest BCUT2D eigenvalue weighted by Crippen LogP contribution is 2.58. The van der Waals surface area contributed by atoms with E-state index in [-0.39, 0.29) is 10.8 Å². The molecule has 0 aromatic heterocycles. The van der Waals surface area contributed by atoms with E-state index in [1.807, 2.05) is 6.07 Å². The third kappa shape index (κ3) is 2.76. The van der Waals surface area contributed by atoms with Crippen LogP contribution in [0.3, 0.4) is 0 Å². The van der Waals surface area contributed by atoms with Crippen molar-refractivity contribution in [2.75, 3.05) is 6.16 Å². The quantitative estimate of drug-likeness (QED) is 0.672. The molecule has 3 rings (SSSR count). The van der Waals surface area contributed by atoms with Crippen molar-refractivity contribution in [3.05, 3.63) is 54.6 Å². The molecule has 2 aromatic rings. The number of carbonyl (C=O) groups is 1. The lowest BCUT2D eigenvalue weighted by molar-refractivity contribution is -0.125. The van der Waals surface area contributed by atoms with E-state index < -0.39 is 7.92 Å². The van der Waals surface area contributed by atoms with Crippen molar-refractivity contribution in [3.8, 4) is 11.1 Å². The molecule has 0 aliphatic carbocycles. The first-order valence-electron chi connectivity index (χ1n) is 8.31. The zero-order chi connectivity index (χ0) is 16.7. The van der Waals surface area contributed by atoms with Crippen LogP contribution in [0.5, 0.6) is 0 Å². The molecule has 2 aromatic carbocycles. The Hall–Kier alpha value is -1.46. The number of benzene rings is 2. The fourth-order valence-electron chi connectivity index (χ4n) is 3.23. The minimum absolute atomic E-state index is 0.0740. The van der Waals surface area contributed by atoms with Crippen LogP contribution in [-0.4, -0.2) is 11.7 Å². The maximum absolute atomic E-state index is 13.3. The Balaban J connectivity index is 2.06. The second-order valence-corrected chi connectivity index (χ2v) is 9.79. The van der Waals surface area contributed by atoms with E-state index in [2.05, 4.69) is 76.2 Å². The maximum Gasteiger partial charge on any atom is 0.164 e. The molecule has 0 bridgehead atoms. The topological polar surface area (TPSA) is 17.1 Å². The fourth-order valence-corrected chi connectivity index (χ4v) is 6.42. The van der Waals surface area contributed by atoms with Gasteiger partial charge in [0.25, 0.3) is 0 Å². The number of hydrogen-bond acceptors (Lipinski definition) is 1. The predicted molar refractivity (Wildman–Crippen MR) is 100 cm³/mol.